The first-order valence-corrected chi connectivity index (χ1v) is 6.50. The molecule has 0 fully saturated rings. The molecule has 0 aromatic heterocycles. The van der Waals surface area contributed by atoms with Crippen molar-refractivity contribution in [3.05, 3.63) is 0 Å². The van der Waals surface area contributed by atoms with Gasteiger partial charge in [-0.25, -0.2) is 0 Å². The summed E-state index contributed by atoms with van der Waals surface area (Å²) in [5.74, 6) is 0. The van der Waals surface area contributed by atoms with E-state index in [1.54, 1.807) is 0 Å². The van der Waals surface area contributed by atoms with Gasteiger partial charge in [0.15, 0.2) is 0 Å². The quantitative estimate of drug-likeness (QED) is 0.481. The van der Waals surface area contributed by atoms with Crippen LogP contribution in [-0.2, 0) is 0 Å². The van der Waals surface area contributed by atoms with Crippen LogP contribution in [0.1, 0.15) is 6.92 Å². The first-order chi connectivity index (χ1) is 1.91. The second-order valence-electron chi connectivity index (χ2n) is 0.575. The Balaban J connectivity index is 2.30. The van der Waals surface area contributed by atoms with E-state index in [1.165, 1.54) is 5.21 Å². The van der Waals surface area contributed by atoms with Gasteiger partial charge in [0.2, 0.25) is 0 Å². The van der Waals surface area contributed by atoms with Gasteiger partial charge < -0.3 is 0 Å². The van der Waals surface area contributed by atoms with Crippen LogP contribution in [0.3, 0.4) is 0 Å². The number of hydrogen-bond donors (Lipinski definition) is 0. The Labute approximate surface area is 37.0 Å². The van der Waals surface area contributed by atoms with Crippen LogP contribution < -0.4 is 0 Å². The Morgan fingerprint density at radius 1 is 2.00 bits per heavy atom. The van der Waals surface area contributed by atoms with E-state index in [4.69, 9.17) is 10.4 Å². The Morgan fingerprint density at radius 2 is 2.25 bits per heavy atom. The van der Waals surface area contributed by atoms with Crippen molar-refractivity contribution in [2.24, 2.45) is 0 Å². The molecule has 0 bridgehead atoms. The van der Waals surface area contributed by atoms with Gasteiger partial charge in [0.25, 0.3) is 0 Å². The standard InChI is InChI=1S/C2H7AsS/c1-2-3-4/h2-3H2,1H3. The van der Waals surface area contributed by atoms with Gasteiger partial charge in [0, 0.05) is 0 Å². The molecule has 0 saturated carbocycles. The molecule has 0 aromatic rings. The maximum absolute atomic E-state index is 4.71. The van der Waals surface area contributed by atoms with E-state index in [0.717, 1.165) is 0 Å². The molecule has 0 nitrogen and oxygen atoms in total. The van der Waals surface area contributed by atoms with E-state index < -0.39 is 0 Å². The molecule has 0 aromatic carbocycles. The molecular weight excluding hydrogens is 131 g/mol. The summed E-state index contributed by atoms with van der Waals surface area (Å²) in [6.07, 6.45) is 0. The van der Waals surface area contributed by atoms with Crippen LogP contribution in [0.25, 0.3) is 0 Å². The molecule has 0 rings (SSSR count). The molecule has 0 aliphatic rings. The second kappa shape index (κ2) is 3.78. The van der Waals surface area contributed by atoms with Gasteiger partial charge in [-0.3, -0.25) is 0 Å². The third-order valence-electron chi connectivity index (χ3n) is 0.167. The van der Waals surface area contributed by atoms with E-state index in [-0.39, 0.29) is 14.1 Å². The summed E-state index contributed by atoms with van der Waals surface area (Å²) in [5.41, 5.74) is 0. The summed E-state index contributed by atoms with van der Waals surface area (Å²) >= 11 is -0.104. The molecule has 0 heterocycles. The van der Waals surface area contributed by atoms with Gasteiger partial charge in [-0.1, -0.05) is 0 Å². The van der Waals surface area contributed by atoms with Crippen molar-refractivity contribution in [3.8, 4) is 0 Å². The Morgan fingerprint density at radius 3 is 2.25 bits per heavy atom. The zero-order valence-corrected chi connectivity index (χ0v) is 5.93. The molecule has 0 N–H and O–H groups in total. The molecule has 0 spiro atoms. The van der Waals surface area contributed by atoms with E-state index >= 15 is 0 Å². The van der Waals surface area contributed by atoms with Crippen molar-refractivity contribution in [1.29, 1.82) is 0 Å². The topological polar surface area (TPSA) is 0 Å². The summed E-state index contributed by atoms with van der Waals surface area (Å²) < 4.78 is 0. The minimum absolute atomic E-state index is 0.104. The summed E-state index contributed by atoms with van der Waals surface area (Å²) in [4.78, 5) is 0. The van der Waals surface area contributed by atoms with E-state index in [1.807, 2.05) is 0 Å². The number of hydrogen-bond acceptors (Lipinski definition) is 1. The molecular formula is C2H7AsS. The fourth-order valence-electron chi connectivity index (χ4n) is 0. The summed E-state index contributed by atoms with van der Waals surface area (Å²) in [6.45, 7) is 2.15. The van der Waals surface area contributed by atoms with Crippen LogP contribution >= 0.6 is 10.4 Å². The van der Waals surface area contributed by atoms with Crippen LogP contribution in [0.5, 0.6) is 0 Å². The average molecular weight is 138 g/mol. The van der Waals surface area contributed by atoms with Gasteiger partial charge in [0.1, 0.15) is 0 Å². The Kier molecular flexibility index (Phi) is 4.51. The fourth-order valence-corrected chi connectivity index (χ4v) is 0. The normalized spacial score (nSPS) is 10.2. The molecule has 0 amide bonds. The molecule has 0 radical (unpaired) electrons. The summed E-state index contributed by atoms with van der Waals surface area (Å²) in [6, 6.07) is 0. The van der Waals surface area contributed by atoms with Crippen molar-refractivity contribution < 1.29 is 0 Å². The van der Waals surface area contributed by atoms with Crippen molar-refractivity contribution >= 4 is 24.5 Å². The molecule has 2 heteroatoms. The van der Waals surface area contributed by atoms with Gasteiger partial charge in [-0.05, 0) is 0 Å². The SMILES string of the molecule is CC[AsH2]=S. The fraction of sp³-hybridized carbons (Fsp3) is 1.00. The molecule has 26 valence electrons. The predicted molar refractivity (Wildman–Crippen MR) is 26.6 cm³/mol. The van der Waals surface area contributed by atoms with Crippen LogP contribution in [0.2, 0.25) is 5.21 Å². The monoisotopic (exact) mass is 138 g/mol. The van der Waals surface area contributed by atoms with Crippen molar-refractivity contribution in [3.63, 3.8) is 0 Å². The summed E-state index contributed by atoms with van der Waals surface area (Å²) in [7, 11) is 4.71. The Hall–Kier alpha value is 0.778. The maximum atomic E-state index is 4.71. The van der Waals surface area contributed by atoms with Crippen LogP contribution in [0, 0.1) is 0 Å². The predicted octanol–water partition coefficient (Wildman–Crippen LogP) is 0.706. The van der Waals surface area contributed by atoms with Gasteiger partial charge >= 0.3 is 36.6 Å². The third-order valence-corrected chi connectivity index (χ3v) is 2.60. The van der Waals surface area contributed by atoms with Crippen LogP contribution in [0.15, 0.2) is 0 Å². The van der Waals surface area contributed by atoms with Gasteiger partial charge in [0.05, 0.1) is 0 Å². The van der Waals surface area contributed by atoms with E-state index in [0.29, 0.717) is 0 Å². The van der Waals surface area contributed by atoms with Crippen LogP contribution in [0.4, 0.5) is 0 Å². The van der Waals surface area contributed by atoms with Gasteiger partial charge in [-0.2, -0.15) is 0 Å². The van der Waals surface area contributed by atoms with Crippen molar-refractivity contribution in [1.82, 2.24) is 0 Å². The molecule has 0 saturated heterocycles. The minimum atomic E-state index is -0.104. The molecule has 0 aliphatic carbocycles. The molecule has 0 aliphatic heterocycles. The molecule has 1 unspecified atom stereocenters. The number of rotatable bonds is 1. The van der Waals surface area contributed by atoms with E-state index in [9.17, 15) is 0 Å². The first-order valence-electron chi connectivity index (χ1n) is 1.35. The first kappa shape index (κ1) is 4.78. The zero-order chi connectivity index (χ0) is 3.41. The van der Waals surface area contributed by atoms with Crippen molar-refractivity contribution in [2.75, 3.05) is 0 Å². The average Bonchev–Trinajstić information content (AvgIpc) is 1.37. The second-order valence-corrected chi connectivity index (χ2v) is 4.72. The van der Waals surface area contributed by atoms with E-state index in [2.05, 4.69) is 6.92 Å². The third kappa shape index (κ3) is 2.78. The van der Waals surface area contributed by atoms with Crippen LogP contribution in [-0.4, -0.2) is 14.1 Å². The zero-order valence-electron chi connectivity index (χ0n) is 2.69. The molecule has 4 heavy (non-hydrogen) atoms. The van der Waals surface area contributed by atoms with Crippen molar-refractivity contribution in [2.45, 2.75) is 12.1 Å². The van der Waals surface area contributed by atoms with Gasteiger partial charge in [-0.15, -0.1) is 0 Å². The summed E-state index contributed by atoms with van der Waals surface area (Å²) in [5, 5.41) is 1.29. The Bertz CT molecular complexity index is 20.0. The molecule has 1 atom stereocenters.